The molecule has 3 nitrogen and oxygen atoms in total. The van der Waals surface area contributed by atoms with Crippen molar-refractivity contribution in [1.82, 2.24) is 0 Å². The Labute approximate surface area is 104 Å². The second kappa shape index (κ2) is 6.01. The molecule has 0 unspecified atom stereocenters. The van der Waals surface area contributed by atoms with Crippen LogP contribution in [0, 0.1) is 5.92 Å². The molecule has 0 fully saturated rings. The third-order valence-electron chi connectivity index (χ3n) is 2.26. The molecule has 0 aromatic heterocycles. The molecule has 0 radical (unpaired) electrons. The molecule has 16 heavy (non-hydrogen) atoms. The van der Waals surface area contributed by atoms with E-state index in [0.717, 1.165) is 10.0 Å². The van der Waals surface area contributed by atoms with Gasteiger partial charge in [-0.15, -0.1) is 0 Å². The van der Waals surface area contributed by atoms with Gasteiger partial charge in [-0.1, -0.05) is 41.9 Å². The van der Waals surface area contributed by atoms with Crippen LogP contribution in [-0.4, -0.2) is 12.0 Å². The molecule has 2 N–H and O–H groups in total. The molecule has 0 saturated heterocycles. The van der Waals surface area contributed by atoms with Crippen molar-refractivity contribution in [2.45, 2.75) is 26.5 Å². The number of benzene rings is 1. The Bertz CT molecular complexity index is 366. The summed E-state index contributed by atoms with van der Waals surface area (Å²) in [6.45, 7) is 4.05. The van der Waals surface area contributed by atoms with Crippen LogP contribution in [0.25, 0.3) is 0 Å². The number of carbonyl (C=O) groups excluding carboxylic acids is 1. The zero-order valence-corrected chi connectivity index (χ0v) is 11.0. The summed E-state index contributed by atoms with van der Waals surface area (Å²) in [4.78, 5) is 11.5. The van der Waals surface area contributed by atoms with E-state index >= 15 is 0 Å². The molecule has 0 aliphatic rings. The molecule has 1 rings (SSSR count). The molecule has 4 heteroatoms. The summed E-state index contributed by atoms with van der Waals surface area (Å²) in [5, 5.41) is 0. The zero-order valence-electron chi connectivity index (χ0n) is 9.44. The maximum atomic E-state index is 11.5. The maximum absolute atomic E-state index is 11.5. The van der Waals surface area contributed by atoms with E-state index in [0.29, 0.717) is 0 Å². The van der Waals surface area contributed by atoms with Gasteiger partial charge in [0.15, 0.2) is 0 Å². The number of carbonyl (C=O) groups is 1. The molecule has 88 valence electrons. The highest BCUT2D eigenvalue weighted by atomic mass is 79.9. The highest BCUT2D eigenvalue weighted by Crippen LogP contribution is 2.12. The van der Waals surface area contributed by atoms with Gasteiger partial charge >= 0.3 is 5.97 Å². The SMILES string of the molecule is CC(C)[C@H](N)C(=O)OCc1cccc(Br)c1. The second-order valence-corrected chi connectivity index (χ2v) is 4.92. The molecule has 0 saturated carbocycles. The van der Waals surface area contributed by atoms with Gasteiger partial charge in [0.2, 0.25) is 0 Å². The van der Waals surface area contributed by atoms with E-state index < -0.39 is 6.04 Å². The Morgan fingerprint density at radius 1 is 1.50 bits per heavy atom. The molecule has 0 amide bonds. The quantitative estimate of drug-likeness (QED) is 0.865. The maximum Gasteiger partial charge on any atom is 0.323 e. The number of ether oxygens (including phenoxy) is 1. The van der Waals surface area contributed by atoms with E-state index in [4.69, 9.17) is 10.5 Å². The van der Waals surface area contributed by atoms with Crippen LogP contribution in [0.1, 0.15) is 19.4 Å². The fraction of sp³-hybridized carbons (Fsp3) is 0.417. The Morgan fingerprint density at radius 2 is 2.19 bits per heavy atom. The lowest BCUT2D eigenvalue weighted by Crippen LogP contribution is -2.36. The average molecular weight is 286 g/mol. The minimum atomic E-state index is -0.549. The number of nitrogens with two attached hydrogens (primary N) is 1. The van der Waals surface area contributed by atoms with Gasteiger partial charge in [-0.25, -0.2) is 0 Å². The van der Waals surface area contributed by atoms with Crippen LogP contribution in [0.2, 0.25) is 0 Å². The van der Waals surface area contributed by atoms with E-state index in [2.05, 4.69) is 15.9 Å². The zero-order chi connectivity index (χ0) is 12.1. The monoisotopic (exact) mass is 285 g/mol. The summed E-state index contributed by atoms with van der Waals surface area (Å²) in [5.41, 5.74) is 6.61. The highest BCUT2D eigenvalue weighted by Gasteiger charge is 2.18. The Morgan fingerprint density at radius 3 is 2.75 bits per heavy atom. The molecule has 0 bridgehead atoms. The first-order valence-corrected chi connectivity index (χ1v) is 5.96. The lowest BCUT2D eigenvalue weighted by Gasteiger charge is -2.14. The van der Waals surface area contributed by atoms with Crippen molar-refractivity contribution in [2.24, 2.45) is 11.7 Å². The topological polar surface area (TPSA) is 52.3 Å². The molecular weight excluding hydrogens is 270 g/mol. The first-order chi connectivity index (χ1) is 7.50. The van der Waals surface area contributed by atoms with E-state index in [1.54, 1.807) is 0 Å². The molecule has 1 aromatic rings. The number of hydrogen-bond donors (Lipinski definition) is 1. The minimum absolute atomic E-state index is 0.0926. The second-order valence-electron chi connectivity index (χ2n) is 4.01. The van der Waals surface area contributed by atoms with Crippen molar-refractivity contribution in [3.63, 3.8) is 0 Å². The average Bonchev–Trinajstić information content (AvgIpc) is 2.24. The van der Waals surface area contributed by atoms with Crippen LogP contribution in [-0.2, 0) is 16.1 Å². The number of halogens is 1. The van der Waals surface area contributed by atoms with Crippen molar-refractivity contribution in [3.05, 3.63) is 34.3 Å². The highest BCUT2D eigenvalue weighted by molar-refractivity contribution is 9.10. The number of rotatable bonds is 4. The first-order valence-electron chi connectivity index (χ1n) is 5.17. The van der Waals surface area contributed by atoms with Gasteiger partial charge < -0.3 is 10.5 Å². The van der Waals surface area contributed by atoms with Crippen LogP contribution in [0.15, 0.2) is 28.7 Å². The molecule has 0 spiro atoms. The van der Waals surface area contributed by atoms with Crippen LogP contribution in [0.4, 0.5) is 0 Å². The van der Waals surface area contributed by atoms with E-state index in [1.165, 1.54) is 0 Å². The predicted molar refractivity (Wildman–Crippen MR) is 66.8 cm³/mol. The fourth-order valence-corrected chi connectivity index (χ4v) is 1.60. The summed E-state index contributed by atoms with van der Waals surface area (Å²) < 4.78 is 6.09. The van der Waals surface area contributed by atoms with Gasteiger partial charge in [0.05, 0.1) is 0 Å². The van der Waals surface area contributed by atoms with Crippen molar-refractivity contribution < 1.29 is 9.53 Å². The molecule has 1 aromatic carbocycles. The van der Waals surface area contributed by atoms with Crippen LogP contribution in [0.5, 0.6) is 0 Å². The third kappa shape index (κ3) is 3.94. The first kappa shape index (κ1) is 13.2. The fourth-order valence-electron chi connectivity index (χ4n) is 1.15. The van der Waals surface area contributed by atoms with Crippen LogP contribution in [0.3, 0.4) is 0 Å². The van der Waals surface area contributed by atoms with Crippen molar-refractivity contribution in [2.75, 3.05) is 0 Å². The van der Waals surface area contributed by atoms with Gasteiger partial charge in [0.1, 0.15) is 12.6 Å². The Balaban J connectivity index is 2.49. The lowest BCUT2D eigenvalue weighted by atomic mass is 10.1. The molecule has 1 atom stereocenters. The molecular formula is C12H16BrNO2. The standard InChI is InChI=1S/C12H16BrNO2/c1-8(2)11(14)12(15)16-7-9-4-3-5-10(13)6-9/h3-6,8,11H,7,14H2,1-2H3/t11-/m0/s1. The van der Waals surface area contributed by atoms with Crippen molar-refractivity contribution in [1.29, 1.82) is 0 Å². The molecule has 0 aliphatic heterocycles. The largest absolute Gasteiger partial charge is 0.460 e. The Hall–Kier alpha value is -0.870. The number of esters is 1. The van der Waals surface area contributed by atoms with Gasteiger partial charge in [-0.05, 0) is 23.6 Å². The minimum Gasteiger partial charge on any atom is -0.460 e. The van der Waals surface area contributed by atoms with Gasteiger partial charge in [0.25, 0.3) is 0 Å². The smallest absolute Gasteiger partial charge is 0.323 e. The summed E-state index contributed by atoms with van der Waals surface area (Å²) in [6.07, 6.45) is 0. The van der Waals surface area contributed by atoms with Crippen molar-refractivity contribution >= 4 is 21.9 Å². The predicted octanol–water partition coefficient (Wildman–Crippen LogP) is 2.48. The van der Waals surface area contributed by atoms with E-state index in [-0.39, 0.29) is 18.5 Å². The lowest BCUT2D eigenvalue weighted by molar-refractivity contribution is -0.147. The third-order valence-corrected chi connectivity index (χ3v) is 2.75. The van der Waals surface area contributed by atoms with Gasteiger partial charge in [-0.3, -0.25) is 4.79 Å². The molecule has 0 heterocycles. The summed E-state index contributed by atoms with van der Waals surface area (Å²) in [6, 6.07) is 7.08. The molecule has 0 aliphatic carbocycles. The van der Waals surface area contributed by atoms with Crippen molar-refractivity contribution in [3.8, 4) is 0 Å². The van der Waals surface area contributed by atoms with Gasteiger partial charge in [0, 0.05) is 4.47 Å². The van der Waals surface area contributed by atoms with Crippen LogP contribution >= 0.6 is 15.9 Å². The number of hydrogen-bond acceptors (Lipinski definition) is 3. The van der Waals surface area contributed by atoms with Gasteiger partial charge in [-0.2, -0.15) is 0 Å². The van der Waals surface area contributed by atoms with E-state index in [9.17, 15) is 4.79 Å². The summed E-state index contributed by atoms with van der Waals surface area (Å²) >= 11 is 3.36. The van der Waals surface area contributed by atoms with Crippen LogP contribution < -0.4 is 5.73 Å². The normalized spacial score (nSPS) is 12.6. The Kier molecular flexibility index (Phi) is 4.96. The summed E-state index contributed by atoms with van der Waals surface area (Å²) in [5.74, 6) is -0.259. The summed E-state index contributed by atoms with van der Waals surface area (Å²) in [7, 11) is 0. The van der Waals surface area contributed by atoms with E-state index in [1.807, 2.05) is 38.1 Å².